The second kappa shape index (κ2) is 5.85. The van der Waals surface area contributed by atoms with Gasteiger partial charge in [-0.05, 0) is 38.1 Å². The molecule has 3 nitrogen and oxygen atoms in total. The Morgan fingerprint density at radius 1 is 1.25 bits per heavy atom. The first-order chi connectivity index (χ1) is 9.51. The van der Waals surface area contributed by atoms with Crippen LogP contribution in [0.25, 0.3) is 0 Å². The number of nitrogens with one attached hydrogen (secondary N) is 1. The molecule has 102 valence electrons. The van der Waals surface area contributed by atoms with Gasteiger partial charge in [-0.25, -0.2) is 0 Å². The lowest BCUT2D eigenvalue weighted by Crippen LogP contribution is -2.07. The summed E-state index contributed by atoms with van der Waals surface area (Å²) in [7, 11) is 0. The fourth-order valence-electron chi connectivity index (χ4n) is 2.04. The van der Waals surface area contributed by atoms with Gasteiger partial charge in [0.15, 0.2) is 0 Å². The van der Waals surface area contributed by atoms with Gasteiger partial charge in [0.2, 0.25) is 0 Å². The number of anilines is 1. The summed E-state index contributed by atoms with van der Waals surface area (Å²) in [5.41, 5.74) is 3.17. The van der Waals surface area contributed by atoms with Crippen LogP contribution in [0.1, 0.15) is 29.7 Å². The van der Waals surface area contributed by atoms with E-state index in [-0.39, 0.29) is 11.8 Å². The van der Waals surface area contributed by atoms with E-state index in [1.807, 2.05) is 32.0 Å². The summed E-state index contributed by atoms with van der Waals surface area (Å²) in [6.07, 6.45) is 0. The maximum atomic E-state index is 9.91. The van der Waals surface area contributed by atoms with E-state index in [0.29, 0.717) is 10.6 Å². The zero-order valence-corrected chi connectivity index (χ0v) is 12.1. The number of halogens is 1. The summed E-state index contributed by atoms with van der Waals surface area (Å²) < 4.78 is 0. The maximum absolute atomic E-state index is 9.91. The molecule has 0 saturated carbocycles. The molecule has 0 heterocycles. The van der Waals surface area contributed by atoms with E-state index in [1.165, 1.54) is 0 Å². The molecule has 0 aliphatic rings. The molecule has 0 aromatic heterocycles. The highest BCUT2D eigenvalue weighted by atomic mass is 35.5. The lowest BCUT2D eigenvalue weighted by molar-refractivity contribution is 0.465. The Morgan fingerprint density at radius 2 is 2.00 bits per heavy atom. The zero-order chi connectivity index (χ0) is 14.7. The number of nitriles is 1. The largest absolute Gasteiger partial charge is 0.508 e. The maximum Gasteiger partial charge on any atom is 0.120 e. The van der Waals surface area contributed by atoms with Crippen LogP contribution in [0.2, 0.25) is 5.02 Å². The lowest BCUT2D eigenvalue weighted by atomic mass is 10.0. The van der Waals surface area contributed by atoms with Crippen LogP contribution in [-0.4, -0.2) is 5.11 Å². The molecular formula is C16H15ClN2O. The number of hydrogen-bond acceptors (Lipinski definition) is 3. The van der Waals surface area contributed by atoms with Gasteiger partial charge in [-0.2, -0.15) is 5.26 Å². The van der Waals surface area contributed by atoms with Crippen molar-refractivity contribution in [3.63, 3.8) is 0 Å². The van der Waals surface area contributed by atoms with Crippen LogP contribution >= 0.6 is 11.6 Å². The molecule has 0 bridgehead atoms. The van der Waals surface area contributed by atoms with Crippen molar-refractivity contribution in [2.45, 2.75) is 19.9 Å². The average molecular weight is 287 g/mol. The van der Waals surface area contributed by atoms with Crippen molar-refractivity contribution in [3.8, 4) is 11.8 Å². The van der Waals surface area contributed by atoms with Crippen LogP contribution in [-0.2, 0) is 0 Å². The molecule has 4 heteroatoms. The summed E-state index contributed by atoms with van der Waals surface area (Å²) in [6, 6.07) is 12.6. The Labute approximate surface area is 123 Å². The van der Waals surface area contributed by atoms with Gasteiger partial charge in [-0.3, -0.25) is 0 Å². The van der Waals surface area contributed by atoms with Crippen LogP contribution in [0.5, 0.6) is 5.75 Å². The molecular weight excluding hydrogens is 272 g/mol. The molecule has 2 N–H and O–H groups in total. The average Bonchev–Trinajstić information content (AvgIpc) is 2.41. The fourth-order valence-corrected chi connectivity index (χ4v) is 2.27. The first kappa shape index (κ1) is 14.2. The third kappa shape index (κ3) is 3.04. The Kier molecular flexibility index (Phi) is 4.16. The molecule has 0 aliphatic carbocycles. The predicted molar refractivity (Wildman–Crippen MR) is 81.0 cm³/mol. The van der Waals surface area contributed by atoms with Crippen molar-refractivity contribution in [2.75, 3.05) is 5.32 Å². The quantitative estimate of drug-likeness (QED) is 0.879. The summed E-state index contributed by atoms with van der Waals surface area (Å²) in [4.78, 5) is 0. The smallest absolute Gasteiger partial charge is 0.120 e. The highest BCUT2D eigenvalue weighted by Crippen LogP contribution is 2.29. The number of benzene rings is 2. The number of rotatable bonds is 3. The molecule has 1 unspecified atom stereocenters. The number of nitrogens with zero attached hydrogens (tertiary/aromatic N) is 1. The summed E-state index contributed by atoms with van der Waals surface area (Å²) in [5.74, 6) is 0.260. The minimum Gasteiger partial charge on any atom is -0.508 e. The van der Waals surface area contributed by atoms with Gasteiger partial charge in [-0.15, -0.1) is 0 Å². The summed E-state index contributed by atoms with van der Waals surface area (Å²) in [6.45, 7) is 3.94. The molecule has 0 spiro atoms. The molecule has 0 aliphatic heterocycles. The normalized spacial score (nSPS) is 11.7. The van der Waals surface area contributed by atoms with E-state index in [4.69, 9.17) is 16.9 Å². The van der Waals surface area contributed by atoms with Gasteiger partial charge in [0, 0.05) is 11.3 Å². The van der Waals surface area contributed by atoms with Crippen LogP contribution in [0.15, 0.2) is 36.4 Å². The highest BCUT2D eigenvalue weighted by Gasteiger charge is 2.11. The molecule has 0 fully saturated rings. The number of phenols is 1. The van der Waals surface area contributed by atoms with Crippen LogP contribution in [0, 0.1) is 18.3 Å². The second-order valence-corrected chi connectivity index (χ2v) is 5.14. The van der Waals surface area contributed by atoms with Gasteiger partial charge >= 0.3 is 0 Å². The molecule has 0 amide bonds. The van der Waals surface area contributed by atoms with Crippen molar-refractivity contribution in [3.05, 3.63) is 58.1 Å². The van der Waals surface area contributed by atoms with Gasteiger partial charge in [0.1, 0.15) is 11.8 Å². The highest BCUT2D eigenvalue weighted by molar-refractivity contribution is 6.32. The summed E-state index contributed by atoms with van der Waals surface area (Å²) >= 11 is 6.00. The van der Waals surface area contributed by atoms with Gasteiger partial charge in [0.05, 0.1) is 16.6 Å². The molecule has 0 radical (unpaired) electrons. The Bertz CT molecular complexity index is 677. The van der Waals surface area contributed by atoms with E-state index in [1.54, 1.807) is 24.3 Å². The molecule has 2 aromatic rings. The third-order valence-electron chi connectivity index (χ3n) is 3.12. The van der Waals surface area contributed by atoms with Crippen LogP contribution in [0.3, 0.4) is 0 Å². The number of phenolic OH excluding ortho intramolecular Hbond substituents is 1. The van der Waals surface area contributed by atoms with E-state index in [0.717, 1.165) is 16.8 Å². The van der Waals surface area contributed by atoms with E-state index < -0.39 is 0 Å². The number of aromatic hydroxyl groups is 1. The topological polar surface area (TPSA) is 56.0 Å². The Balaban J connectivity index is 2.23. The van der Waals surface area contributed by atoms with E-state index in [2.05, 4.69) is 5.32 Å². The minimum atomic E-state index is -0.0705. The minimum absolute atomic E-state index is 0.0705. The third-order valence-corrected chi connectivity index (χ3v) is 3.43. The first-order valence-corrected chi connectivity index (χ1v) is 6.64. The standard InChI is InChI=1S/C16H15ClN2O/c1-10-3-6-16(20)14(7-10)11(2)19-13-5-4-12(9-18)15(17)8-13/h3-8,11,19-20H,1-2H3. The number of hydrogen-bond donors (Lipinski definition) is 2. The van der Waals surface area contributed by atoms with Gasteiger partial charge in [0.25, 0.3) is 0 Å². The molecule has 1 atom stereocenters. The summed E-state index contributed by atoms with van der Waals surface area (Å²) in [5, 5.41) is 22.4. The van der Waals surface area contributed by atoms with Crippen molar-refractivity contribution in [1.82, 2.24) is 0 Å². The van der Waals surface area contributed by atoms with Crippen LogP contribution < -0.4 is 5.32 Å². The van der Waals surface area contributed by atoms with Gasteiger partial charge in [-0.1, -0.05) is 29.3 Å². The Hall–Kier alpha value is -2.18. The van der Waals surface area contributed by atoms with Crippen molar-refractivity contribution < 1.29 is 5.11 Å². The number of aryl methyl sites for hydroxylation is 1. The second-order valence-electron chi connectivity index (χ2n) is 4.73. The fraction of sp³-hybridized carbons (Fsp3) is 0.188. The van der Waals surface area contributed by atoms with Crippen molar-refractivity contribution in [1.29, 1.82) is 5.26 Å². The van der Waals surface area contributed by atoms with Crippen LogP contribution in [0.4, 0.5) is 5.69 Å². The van der Waals surface area contributed by atoms with E-state index in [9.17, 15) is 5.11 Å². The van der Waals surface area contributed by atoms with E-state index >= 15 is 0 Å². The first-order valence-electron chi connectivity index (χ1n) is 6.27. The van der Waals surface area contributed by atoms with Crippen molar-refractivity contribution in [2.24, 2.45) is 0 Å². The monoisotopic (exact) mass is 286 g/mol. The molecule has 0 saturated heterocycles. The van der Waals surface area contributed by atoms with Gasteiger partial charge < -0.3 is 10.4 Å². The predicted octanol–water partition coefficient (Wildman–Crippen LogP) is 4.40. The van der Waals surface area contributed by atoms with Crippen molar-refractivity contribution >= 4 is 17.3 Å². The molecule has 2 aromatic carbocycles. The lowest BCUT2D eigenvalue weighted by Gasteiger charge is -2.17. The zero-order valence-electron chi connectivity index (χ0n) is 11.3. The SMILES string of the molecule is Cc1ccc(O)c(C(C)Nc2ccc(C#N)c(Cl)c2)c1. The molecule has 2 rings (SSSR count). The molecule has 20 heavy (non-hydrogen) atoms. The Morgan fingerprint density at radius 3 is 2.65 bits per heavy atom.